The molecule has 0 saturated carbocycles. The number of hydrogen-bond donors (Lipinski definition) is 2. The number of sulfonamides is 1. The predicted molar refractivity (Wildman–Crippen MR) is 78.3 cm³/mol. The Morgan fingerprint density at radius 2 is 2.05 bits per heavy atom. The molecule has 1 aromatic carbocycles. The van der Waals surface area contributed by atoms with Crippen molar-refractivity contribution in [2.24, 2.45) is 0 Å². The molecule has 2 aromatic rings. The third-order valence-corrected chi connectivity index (χ3v) is 5.25. The molecule has 0 bridgehead atoms. The molecule has 0 aliphatic rings. The second-order valence-corrected chi connectivity index (χ2v) is 6.98. The molecule has 0 spiro atoms. The van der Waals surface area contributed by atoms with Crippen molar-refractivity contribution in [1.82, 2.24) is 0 Å². The maximum absolute atomic E-state index is 12.2. The van der Waals surface area contributed by atoms with Gasteiger partial charge in [-0.05, 0) is 36.1 Å². The molecular formula is C12H10ClNO4S2. The van der Waals surface area contributed by atoms with Gasteiger partial charge in [-0.25, -0.2) is 13.2 Å². The number of aryl methyl sites for hydroxylation is 1. The highest BCUT2D eigenvalue weighted by Crippen LogP contribution is 2.28. The summed E-state index contributed by atoms with van der Waals surface area (Å²) in [4.78, 5) is 10.5. The zero-order chi connectivity index (χ0) is 14.9. The van der Waals surface area contributed by atoms with E-state index in [1.54, 1.807) is 25.1 Å². The number of carboxylic acids is 1. The number of hydrogen-bond acceptors (Lipinski definition) is 4. The van der Waals surface area contributed by atoms with Crippen LogP contribution in [0.1, 0.15) is 15.2 Å². The molecular weight excluding hydrogens is 322 g/mol. The van der Waals surface area contributed by atoms with Crippen molar-refractivity contribution in [3.8, 4) is 0 Å². The number of anilines is 1. The van der Waals surface area contributed by atoms with Crippen LogP contribution >= 0.6 is 22.9 Å². The molecule has 5 nitrogen and oxygen atoms in total. The van der Waals surface area contributed by atoms with E-state index in [0.29, 0.717) is 0 Å². The van der Waals surface area contributed by atoms with Crippen LogP contribution in [-0.2, 0) is 10.0 Å². The number of halogens is 1. The lowest BCUT2D eigenvalue weighted by molar-refractivity contribution is 0.0698. The first kappa shape index (κ1) is 14.8. The van der Waals surface area contributed by atoms with Gasteiger partial charge < -0.3 is 5.11 Å². The minimum atomic E-state index is -3.99. The van der Waals surface area contributed by atoms with Gasteiger partial charge >= 0.3 is 5.97 Å². The van der Waals surface area contributed by atoms with Gasteiger partial charge in [0.05, 0.1) is 10.7 Å². The lowest BCUT2D eigenvalue weighted by Crippen LogP contribution is -2.15. The molecule has 20 heavy (non-hydrogen) atoms. The highest BCUT2D eigenvalue weighted by Gasteiger charge is 2.24. The number of carboxylic acid groups (broad SMARTS) is 1. The summed E-state index contributed by atoms with van der Waals surface area (Å²) < 4.78 is 26.8. The average molecular weight is 332 g/mol. The van der Waals surface area contributed by atoms with Crippen molar-refractivity contribution < 1.29 is 18.3 Å². The van der Waals surface area contributed by atoms with Crippen LogP contribution in [0.4, 0.5) is 5.69 Å². The quantitative estimate of drug-likeness (QED) is 0.901. The van der Waals surface area contributed by atoms with E-state index in [1.807, 2.05) is 0 Å². The molecule has 0 unspecified atom stereocenters. The van der Waals surface area contributed by atoms with E-state index < -0.39 is 16.0 Å². The van der Waals surface area contributed by atoms with Crippen molar-refractivity contribution in [2.45, 2.75) is 11.8 Å². The van der Waals surface area contributed by atoms with E-state index in [2.05, 4.69) is 4.72 Å². The van der Waals surface area contributed by atoms with Gasteiger partial charge in [0.1, 0.15) is 9.77 Å². The van der Waals surface area contributed by atoms with Crippen LogP contribution in [0.3, 0.4) is 0 Å². The number of aromatic carboxylic acids is 1. The summed E-state index contributed by atoms with van der Waals surface area (Å²) in [5.41, 5.74) is 1.05. The van der Waals surface area contributed by atoms with E-state index in [1.165, 1.54) is 11.4 Å². The van der Waals surface area contributed by atoms with Crippen molar-refractivity contribution >= 4 is 44.6 Å². The Morgan fingerprint density at radius 1 is 1.35 bits per heavy atom. The van der Waals surface area contributed by atoms with Crippen molar-refractivity contribution in [1.29, 1.82) is 0 Å². The molecule has 1 heterocycles. The molecule has 0 aliphatic heterocycles. The summed E-state index contributed by atoms with van der Waals surface area (Å²) in [5, 5.41) is 10.6. The van der Waals surface area contributed by atoms with Gasteiger partial charge in [-0.1, -0.05) is 17.7 Å². The van der Waals surface area contributed by atoms with Gasteiger partial charge in [0.15, 0.2) is 0 Å². The normalized spacial score (nSPS) is 11.3. The van der Waals surface area contributed by atoms with Crippen LogP contribution in [0, 0.1) is 6.92 Å². The predicted octanol–water partition coefficient (Wildman–Crippen LogP) is 3.21. The summed E-state index contributed by atoms with van der Waals surface area (Å²) in [6.07, 6.45) is 0. The number of thiophene rings is 1. The Hall–Kier alpha value is -1.57. The lowest BCUT2D eigenvalue weighted by atomic mass is 10.2. The standard InChI is InChI=1S/C12H10ClNO4S2/c1-7-2-3-8(13)9(6-7)14-20(17,18)10-4-5-19-11(10)12(15)16/h2-6,14H,1H3,(H,15,16). The average Bonchev–Trinajstić information content (AvgIpc) is 2.83. The first-order valence-electron chi connectivity index (χ1n) is 5.41. The van der Waals surface area contributed by atoms with Crippen LogP contribution in [0.5, 0.6) is 0 Å². The number of carbonyl (C=O) groups is 1. The summed E-state index contributed by atoms with van der Waals surface area (Å²) in [6, 6.07) is 6.14. The van der Waals surface area contributed by atoms with Crippen LogP contribution in [0.2, 0.25) is 5.02 Å². The van der Waals surface area contributed by atoms with Crippen molar-refractivity contribution in [2.75, 3.05) is 4.72 Å². The largest absolute Gasteiger partial charge is 0.477 e. The van der Waals surface area contributed by atoms with Crippen molar-refractivity contribution in [3.63, 3.8) is 0 Å². The minimum Gasteiger partial charge on any atom is -0.477 e. The first-order valence-corrected chi connectivity index (χ1v) is 8.15. The highest BCUT2D eigenvalue weighted by atomic mass is 35.5. The van der Waals surface area contributed by atoms with Gasteiger partial charge in [-0.15, -0.1) is 11.3 Å². The number of benzene rings is 1. The maximum Gasteiger partial charge on any atom is 0.347 e. The van der Waals surface area contributed by atoms with E-state index >= 15 is 0 Å². The first-order chi connectivity index (χ1) is 9.31. The van der Waals surface area contributed by atoms with Crippen LogP contribution in [0.15, 0.2) is 34.5 Å². The monoisotopic (exact) mass is 331 g/mol. The fourth-order valence-corrected chi connectivity index (χ4v) is 4.13. The summed E-state index contributed by atoms with van der Waals surface area (Å²) in [6.45, 7) is 1.79. The van der Waals surface area contributed by atoms with Crippen LogP contribution in [0.25, 0.3) is 0 Å². The van der Waals surface area contributed by atoms with E-state index in [0.717, 1.165) is 16.9 Å². The number of rotatable bonds is 4. The van der Waals surface area contributed by atoms with Crippen LogP contribution < -0.4 is 4.72 Å². The Labute approximate surface area is 124 Å². The van der Waals surface area contributed by atoms with Gasteiger partial charge in [-0.2, -0.15) is 0 Å². The molecule has 0 aliphatic carbocycles. The summed E-state index contributed by atoms with van der Waals surface area (Å²) in [5.74, 6) is -1.28. The smallest absolute Gasteiger partial charge is 0.347 e. The Kier molecular flexibility index (Phi) is 4.03. The minimum absolute atomic E-state index is 0.217. The fraction of sp³-hybridized carbons (Fsp3) is 0.0833. The molecule has 1 aromatic heterocycles. The zero-order valence-corrected chi connectivity index (χ0v) is 12.6. The van der Waals surface area contributed by atoms with Crippen molar-refractivity contribution in [3.05, 3.63) is 45.1 Å². The second kappa shape index (κ2) is 5.43. The van der Waals surface area contributed by atoms with Crippen LogP contribution in [-0.4, -0.2) is 19.5 Å². The molecule has 0 amide bonds. The third-order valence-electron chi connectivity index (χ3n) is 2.48. The SMILES string of the molecule is Cc1ccc(Cl)c(NS(=O)(=O)c2ccsc2C(=O)O)c1. The molecule has 2 N–H and O–H groups in total. The van der Waals surface area contributed by atoms with Gasteiger partial charge in [-0.3, -0.25) is 4.72 Å². The lowest BCUT2D eigenvalue weighted by Gasteiger charge is -2.10. The van der Waals surface area contributed by atoms with Gasteiger partial charge in [0.25, 0.3) is 10.0 Å². The zero-order valence-electron chi connectivity index (χ0n) is 10.3. The van der Waals surface area contributed by atoms with Gasteiger partial charge in [0, 0.05) is 0 Å². The molecule has 0 radical (unpaired) electrons. The Morgan fingerprint density at radius 3 is 2.70 bits per heavy atom. The van der Waals surface area contributed by atoms with Gasteiger partial charge in [0.2, 0.25) is 0 Å². The summed E-state index contributed by atoms with van der Waals surface area (Å²) >= 11 is 6.78. The molecule has 2 rings (SSSR count). The maximum atomic E-state index is 12.2. The molecule has 0 atom stereocenters. The van der Waals surface area contributed by atoms with E-state index in [9.17, 15) is 13.2 Å². The summed E-state index contributed by atoms with van der Waals surface area (Å²) in [7, 11) is -3.99. The molecule has 106 valence electrons. The second-order valence-electron chi connectivity index (χ2n) is 4.01. The molecule has 0 saturated heterocycles. The fourth-order valence-electron chi connectivity index (χ4n) is 1.58. The Balaban J connectivity index is 2.44. The molecule has 0 fully saturated rings. The highest BCUT2D eigenvalue weighted by molar-refractivity contribution is 7.93. The van der Waals surface area contributed by atoms with E-state index in [-0.39, 0.29) is 20.5 Å². The number of nitrogens with one attached hydrogen (secondary N) is 1. The third kappa shape index (κ3) is 2.95. The molecule has 8 heteroatoms. The topological polar surface area (TPSA) is 83.5 Å². The Bertz CT molecular complexity index is 768. The van der Waals surface area contributed by atoms with E-state index in [4.69, 9.17) is 16.7 Å².